The van der Waals surface area contributed by atoms with Crippen LogP contribution in [0.2, 0.25) is 0 Å². The van der Waals surface area contributed by atoms with Crippen molar-refractivity contribution in [2.24, 2.45) is 12.0 Å². The lowest BCUT2D eigenvalue weighted by Crippen LogP contribution is -2.43. The first kappa shape index (κ1) is 23.3. The number of aliphatic imine (C=N–C) groups is 1. The first-order valence-electron chi connectivity index (χ1n) is 10.3. The summed E-state index contributed by atoms with van der Waals surface area (Å²) in [6, 6.07) is 7.75. The minimum Gasteiger partial charge on any atom is -0.497 e. The van der Waals surface area contributed by atoms with Gasteiger partial charge in [0, 0.05) is 31.9 Å². The van der Waals surface area contributed by atoms with E-state index in [0.717, 1.165) is 30.0 Å². The molecule has 0 aliphatic heterocycles. The monoisotopic (exact) mass is 414 g/mol. The standard InChI is InChI=1S/C22H34N6O2/c1-7-23-22(26-15(2)12-20-16(3)27-28(5)17(20)4)25-14-21(29)24-13-18-8-10-19(30-6)11-9-18/h8-11,15H,7,12-14H2,1-6H3,(H,24,29)(H2,23,25,26). The normalized spacial score (nSPS) is 12.4. The van der Waals surface area contributed by atoms with E-state index >= 15 is 0 Å². The minimum atomic E-state index is -0.130. The number of amides is 1. The number of hydrogen-bond acceptors (Lipinski definition) is 4. The first-order chi connectivity index (χ1) is 14.3. The molecular formula is C22H34N6O2. The summed E-state index contributed by atoms with van der Waals surface area (Å²) in [7, 11) is 3.59. The summed E-state index contributed by atoms with van der Waals surface area (Å²) in [5.41, 5.74) is 4.46. The van der Waals surface area contributed by atoms with Gasteiger partial charge in [0.25, 0.3) is 0 Å². The number of carbonyl (C=O) groups is 1. The molecule has 0 aliphatic carbocycles. The van der Waals surface area contributed by atoms with E-state index in [1.54, 1.807) is 7.11 Å². The molecule has 0 radical (unpaired) electrons. The van der Waals surface area contributed by atoms with Crippen molar-refractivity contribution in [2.45, 2.75) is 46.7 Å². The van der Waals surface area contributed by atoms with Gasteiger partial charge in [-0.3, -0.25) is 9.48 Å². The highest BCUT2D eigenvalue weighted by Crippen LogP contribution is 2.14. The topological polar surface area (TPSA) is 92.6 Å². The maximum atomic E-state index is 12.2. The van der Waals surface area contributed by atoms with Crippen LogP contribution in [-0.2, 0) is 24.8 Å². The molecule has 1 amide bonds. The number of ether oxygens (including phenoxy) is 1. The number of benzene rings is 1. The Kier molecular flexibility index (Phi) is 8.70. The van der Waals surface area contributed by atoms with Gasteiger partial charge in [0.15, 0.2) is 5.96 Å². The molecule has 0 saturated heterocycles. The molecule has 1 aromatic carbocycles. The fraction of sp³-hybridized carbons (Fsp3) is 0.500. The molecule has 164 valence electrons. The molecule has 2 aromatic rings. The third-order valence-corrected chi connectivity index (χ3v) is 4.93. The van der Waals surface area contributed by atoms with E-state index in [-0.39, 0.29) is 18.5 Å². The quantitative estimate of drug-likeness (QED) is 0.430. The maximum absolute atomic E-state index is 12.2. The van der Waals surface area contributed by atoms with E-state index in [4.69, 9.17) is 4.74 Å². The number of hydrogen-bond donors (Lipinski definition) is 3. The van der Waals surface area contributed by atoms with Crippen molar-refractivity contribution < 1.29 is 9.53 Å². The van der Waals surface area contributed by atoms with Gasteiger partial charge in [-0.2, -0.15) is 5.10 Å². The van der Waals surface area contributed by atoms with Crippen LogP contribution >= 0.6 is 0 Å². The number of methoxy groups -OCH3 is 1. The molecule has 0 fully saturated rings. The van der Waals surface area contributed by atoms with Crippen LogP contribution < -0.4 is 20.7 Å². The van der Waals surface area contributed by atoms with Gasteiger partial charge in [-0.25, -0.2) is 4.99 Å². The van der Waals surface area contributed by atoms with Crippen molar-refractivity contribution in [1.29, 1.82) is 0 Å². The predicted molar refractivity (Wildman–Crippen MR) is 120 cm³/mol. The van der Waals surface area contributed by atoms with E-state index in [1.165, 1.54) is 11.3 Å². The zero-order chi connectivity index (χ0) is 22.1. The van der Waals surface area contributed by atoms with Gasteiger partial charge in [-0.15, -0.1) is 0 Å². The van der Waals surface area contributed by atoms with Crippen LogP contribution in [0, 0.1) is 13.8 Å². The second-order valence-electron chi connectivity index (χ2n) is 7.34. The third kappa shape index (κ3) is 6.79. The van der Waals surface area contributed by atoms with Gasteiger partial charge in [0.2, 0.25) is 5.91 Å². The number of nitrogens with zero attached hydrogens (tertiary/aromatic N) is 3. The largest absolute Gasteiger partial charge is 0.497 e. The van der Waals surface area contributed by atoms with Crippen LogP contribution in [-0.4, -0.2) is 47.9 Å². The number of nitrogens with one attached hydrogen (secondary N) is 3. The highest BCUT2D eigenvalue weighted by Gasteiger charge is 2.14. The van der Waals surface area contributed by atoms with Crippen molar-refractivity contribution in [3.05, 3.63) is 46.8 Å². The van der Waals surface area contributed by atoms with Gasteiger partial charge in [-0.05, 0) is 57.4 Å². The zero-order valence-corrected chi connectivity index (χ0v) is 18.9. The van der Waals surface area contributed by atoms with Gasteiger partial charge >= 0.3 is 0 Å². The Balaban J connectivity index is 1.88. The molecule has 3 N–H and O–H groups in total. The Labute approximate surface area is 179 Å². The number of aryl methyl sites for hydroxylation is 2. The summed E-state index contributed by atoms with van der Waals surface area (Å²) >= 11 is 0. The summed E-state index contributed by atoms with van der Waals surface area (Å²) in [5, 5.41) is 13.9. The van der Waals surface area contributed by atoms with Crippen molar-refractivity contribution in [2.75, 3.05) is 20.2 Å². The van der Waals surface area contributed by atoms with E-state index in [2.05, 4.69) is 39.9 Å². The first-order valence-corrected chi connectivity index (χ1v) is 10.3. The number of rotatable bonds is 9. The summed E-state index contributed by atoms with van der Waals surface area (Å²) in [4.78, 5) is 16.6. The van der Waals surface area contributed by atoms with Crippen LogP contribution in [0.5, 0.6) is 5.75 Å². The van der Waals surface area contributed by atoms with Gasteiger partial charge < -0.3 is 20.7 Å². The van der Waals surface area contributed by atoms with Crippen molar-refractivity contribution in [3.63, 3.8) is 0 Å². The Bertz CT molecular complexity index is 857. The van der Waals surface area contributed by atoms with Crippen LogP contribution in [0.4, 0.5) is 0 Å². The molecule has 8 nitrogen and oxygen atoms in total. The Morgan fingerprint density at radius 2 is 1.93 bits per heavy atom. The zero-order valence-electron chi connectivity index (χ0n) is 18.9. The second-order valence-corrected chi connectivity index (χ2v) is 7.34. The molecule has 1 heterocycles. The predicted octanol–water partition coefficient (Wildman–Crippen LogP) is 1.85. The average Bonchev–Trinajstić information content (AvgIpc) is 2.97. The molecule has 1 unspecified atom stereocenters. The number of carbonyl (C=O) groups excluding carboxylic acids is 1. The Hall–Kier alpha value is -3.03. The summed E-state index contributed by atoms with van der Waals surface area (Å²) < 4.78 is 7.05. The molecule has 0 saturated carbocycles. The molecule has 0 spiro atoms. The van der Waals surface area contributed by atoms with Crippen molar-refractivity contribution >= 4 is 11.9 Å². The number of guanidine groups is 1. The lowest BCUT2D eigenvalue weighted by Gasteiger charge is -2.18. The fourth-order valence-electron chi connectivity index (χ4n) is 3.17. The van der Waals surface area contributed by atoms with Crippen LogP contribution in [0.15, 0.2) is 29.3 Å². The van der Waals surface area contributed by atoms with Crippen molar-refractivity contribution in [1.82, 2.24) is 25.7 Å². The van der Waals surface area contributed by atoms with Crippen molar-refractivity contribution in [3.8, 4) is 5.75 Å². The smallest absolute Gasteiger partial charge is 0.242 e. The molecule has 0 bridgehead atoms. The lowest BCUT2D eigenvalue weighted by molar-refractivity contribution is -0.119. The van der Waals surface area contributed by atoms with E-state index < -0.39 is 0 Å². The number of aromatic nitrogens is 2. The van der Waals surface area contributed by atoms with Gasteiger partial charge in [0.1, 0.15) is 12.3 Å². The molecule has 1 atom stereocenters. The SMILES string of the molecule is CCNC(=NCC(=O)NCc1ccc(OC)cc1)NC(C)Cc1c(C)nn(C)c1C. The Morgan fingerprint density at radius 1 is 1.23 bits per heavy atom. The lowest BCUT2D eigenvalue weighted by atomic mass is 10.1. The van der Waals surface area contributed by atoms with E-state index in [0.29, 0.717) is 12.5 Å². The van der Waals surface area contributed by atoms with Gasteiger partial charge in [0.05, 0.1) is 12.8 Å². The van der Waals surface area contributed by atoms with Gasteiger partial charge in [-0.1, -0.05) is 12.1 Å². The minimum absolute atomic E-state index is 0.0587. The average molecular weight is 415 g/mol. The second kappa shape index (κ2) is 11.2. The van der Waals surface area contributed by atoms with Crippen LogP contribution in [0.25, 0.3) is 0 Å². The van der Waals surface area contributed by atoms with Crippen LogP contribution in [0.1, 0.15) is 36.4 Å². The fourth-order valence-corrected chi connectivity index (χ4v) is 3.17. The molecule has 2 rings (SSSR count). The molecule has 1 aromatic heterocycles. The molecule has 8 heteroatoms. The molecule has 30 heavy (non-hydrogen) atoms. The van der Waals surface area contributed by atoms with E-state index in [9.17, 15) is 4.79 Å². The summed E-state index contributed by atoms with van der Waals surface area (Å²) in [6.07, 6.45) is 0.833. The van der Waals surface area contributed by atoms with Crippen LogP contribution in [0.3, 0.4) is 0 Å². The highest BCUT2D eigenvalue weighted by molar-refractivity contribution is 5.85. The molecule has 0 aliphatic rings. The summed E-state index contributed by atoms with van der Waals surface area (Å²) in [5.74, 6) is 1.29. The van der Waals surface area contributed by atoms with E-state index in [1.807, 2.05) is 49.8 Å². The third-order valence-electron chi connectivity index (χ3n) is 4.93. The summed E-state index contributed by atoms with van der Waals surface area (Å²) in [6.45, 7) is 9.44. The Morgan fingerprint density at radius 3 is 2.50 bits per heavy atom. The maximum Gasteiger partial charge on any atom is 0.242 e. The highest BCUT2D eigenvalue weighted by atomic mass is 16.5. The molecular weight excluding hydrogens is 380 g/mol.